The fourth-order valence-corrected chi connectivity index (χ4v) is 2.95. The van der Waals surface area contributed by atoms with Crippen LogP contribution >= 0.6 is 0 Å². The molecule has 0 aromatic carbocycles. The molecule has 0 bridgehead atoms. The summed E-state index contributed by atoms with van der Waals surface area (Å²) in [6.07, 6.45) is 6.83. The molecule has 11 heteroatoms. The maximum Gasteiger partial charge on any atom is 0.326 e. The number of nitrogens with zero attached hydrogens (tertiary/aromatic N) is 5. The van der Waals surface area contributed by atoms with Crippen LogP contribution in [0.1, 0.15) is 37.3 Å². The van der Waals surface area contributed by atoms with Crippen molar-refractivity contribution in [1.29, 1.82) is 0 Å². The van der Waals surface area contributed by atoms with Crippen LogP contribution < -0.4 is 21.8 Å². The predicted molar refractivity (Wildman–Crippen MR) is 102 cm³/mol. The predicted octanol–water partition coefficient (Wildman–Crippen LogP) is 0.223. The second-order valence-electron chi connectivity index (χ2n) is 6.91. The van der Waals surface area contributed by atoms with Gasteiger partial charge in [0, 0.05) is 5.22 Å². The van der Waals surface area contributed by atoms with Gasteiger partial charge in [-0.15, -0.1) is 0 Å². The normalized spacial score (nSPS) is 16.6. The Morgan fingerprint density at radius 3 is 2.97 bits per heavy atom. The summed E-state index contributed by atoms with van der Waals surface area (Å²) in [6, 6.07) is 3.78. The number of hydrogen-bond donors (Lipinski definition) is 4. The summed E-state index contributed by atoms with van der Waals surface area (Å²) in [4.78, 5) is 29.9. The summed E-state index contributed by atoms with van der Waals surface area (Å²) in [7, 11) is 0. The summed E-state index contributed by atoms with van der Waals surface area (Å²) < 4.78 is 6.98. The molecule has 29 heavy (non-hydrogen) atoms. The fourth-order valence-electron chi connectivity index (χ4n) is 2.95. The van der Waals surface area contributed by atoms with Crippen molar-refractivity contribution >= 4 is 17.7 Å². The third-order valence-electron chi connectivity index (χ3n) is 4.57. The number of anilines is 1. The molecule has 1 unspecified atom stereocenters. The zero-order chi connectivity index (χ0) is 20.0. The van der Waals surface area contributed by atoms with Crippen LogP contribution in [0.3, 0.4) is 0 Å². The van der Waals surface area contributed by atoms with Crippen molar-refractivity contribution in [3.05, 3.63) is 57.4 Å². The highest BCUT2D eigenvalue weighted by Crippen LogP contribution is 2.22. The first-order valence-corrected chi connectivity index (χ1v) is 9.19. The fraction of sp³-hybridized carbons (Fsp3) is 0.278. The molecule has 11 nitrogen and oxygen atoms in total. The van der Waals surface area contributed by atoms with Crippen LogP contribution in [0.4, 0.5) is 5.95 Å². The van der Waals surface area contributed by atoms with Gasteiger partial charge in [-0.3, -0.25) is 4.98 Å². The number of H-pyrrole nitrogens is 2. The Balaban J connectivity index is 1.65. The molecule has 4 aromatic heterocycles. The Labute approximate surface area is 162 Å². The average molecular weight is 394 g/mol. The van der Waals surface area contributed by atoms with Gasteiger partial charge in [-0.2, -0.15) is 19.6 Å². The van der Waals surface area contributed by atoms with Crippen molar-refractivity contribution in [3.63, 3.8) is 0 Å². The lowest BCUT2D eigenvalue weighted by molar-refractivity contribution is 0.454. The van der Waals surface area contributed by atoms with E-state index in [1.807, 2.05) is 19.1 Å². The van der Waals surface area contributed by atoms with Crippen molar-refractivity contribution < 1.29 is 9.52 Å². The van der Waals surface area contributed by atoms with Crippen molar-refractivity contribution in [2.45, 2.75) is 31.8 Å². The van der Waals surface area contributed by atoms with Crippen LogP contribution in [0.15, 0.2) is 38.8 Å². The van der Waals surface area contributed by atoms with Crippen molar-refractivity contribution in [1.82, 2.24) is 29.5 Å². The molecule has 4 heterocycles. The smallest absolute Gasteiger partial charge is 0.326 e. The minimum absolute atomic E-state index is 0.151. The first kappa shape index (κ1) is 17.2. The molecule has 1 fully saturated rings. The number of fused-ring (bicyclic) bond motifs is 1. The van der Waals surface area contributed by atoms with Gasteiger partial charge in [-0.25, -0.2) is 9.79 Å². The van der Waals surface area contributed by atoms with Gasteiger partial charge in [-0.1, -0.05) is 0 Å². The number of imidazole rings is 1. The Morgan fingerprint density at radius 1 is 1.41 bits per heavy atom. The van der Waals surface area contributed by atoms with Crippen LogP contribution in [-0.2, 0) is 0 Å². The van der Waals surface area contributed by atoms with Crippen LogP contribution in [0, 0.1) is 0 Å². The molecule has 0 aliphatic heterocycles. The molecule has 0 radical (unpaired) electrons. The largest absolute Gasteiger partial charge is 0.493 e. The third kappa shape index (κ3) is 3.37. The molecule has 1 aliphatic rings. The third-order valence-corrected chi connectivity index (χ3v) is 4.57. The number of aromatic nitrogens is 6. The highest BCUT2D eigenvalue weighted by Gasteiger charge is 2.21. The number of aromatic amines is 2. The molecule has 1 atom stereocenters. The summed E-state index contributed by atoms with van der Waals surface area (Å²) >= 11 is 0. The van der Waals surface area contributed by atoms with Crippen molar-refractivity contribution in [2.75, 3.05) is 5.32 Å². The first-order valence-electron chi connectivity index (χ1n) is 9.19. The monoisotopic (exact) mass is 394 g/mol. The van der Waals surface area contributed by atoms with E-state index in [2.05, 4.69) is 35.3 Å². The maximum atomic E-state index is 11.4. The van der Waals surface area contributed by atoms with E-state index >= 15 is 0 Å². The first-order chi connectivity index (χ1) is 14.1. The van der Waals surface area contributed by atoms with Crippen molar-refractivity contribution in [3.8, 4) is 5.88 Å². The van der Waals surface area contributed by atoms with E-state index < -0.39 is 5.69 Å². The van der Waals surface area contributed by atoms with E-state index in [-0.39, 0.29) is 23.7 Å². The Bertz CT molecular complexity index is 1340. The van der Waals surface area contributed by atoms with Crippen molar-refractivity contribution in [2.24, 2.45) is 4.99 Å². The standard InChI is InChI=1S/C18H18N8O3/c1-9(13-3-2-6-29-13)20-16-23-14-10(7-12-15(27)24-18(28)22-12)8-19-26(14)17(25-16)21-11-4-5-11/h2-3,6-9,11,27H,4-5H2,1H3,(H,20,21,25)(H2,22,24,28)/b10-7+. The maximum absolute atomic E-state index is 11.4. The highest BCUT2D eigenvalue weighted by atomic mass is 16.3. The van der Waals surface area contributed by atoms with Crippen LogP contribution in [0.2, 0.25) is 0 Å². The Morgan fingerprint density at radius 2 is 2.28 bits per heavy atom. The van der Waals surface area contributed by atoms with E-state index in [4.69, 9.17) is 4.42 Å². The molecule has 5 rings (SSSR count). The van der Waals surface area contributed by atoms with Crippen LogP contribution in [-0.4, -0.2) is 40.7 Å². The summed E-state index contributed by atoms with van der Waals surface area (Å²) in [5, 5.41) is 18.0. The zero-order valence-corrected chi connectivity index (χ0v) is 15.5. The van der Waals surface area contributed by atoms with E-state index in [9.17, 15) is 9.90 Å². The number of aromatic hydroxyl groups is 1. The number of nitrogens with one attached hydrogen (secondary N) is 3. The number of furan rings is 1. The lowest BCUT2D eigenvalue weighted by Gasteiger charge is -2.11. The second-order valence-corrected chi connectivity index (χ2v) is 6.91. The van der Waals surface area contributed by atoms with Gasteiger partial charge in [0.1, 0.15) is 11.5 Å². The summed E-state index contributed by atoms with van der Waals surface area (Å²) in [6.45, 7) is 1.94. The van der Waals surface area contributed by atoms with Gasteiger partial charge in [0.15, 0.2) is 5.65 Å². The molecule has 1 saturated carbocycles. The van der Waals surface area contributed by atoms with Gasteiger partial charge in [0.2, 0.25) is 11.8 Å². The molecule has 4 N–H and O–H groups in total. The van der Waals surface area contributed by atoms with Gasteiger partial charge < -0.3 is 19.8 Å². The molecule has 0 saturated heterocycles. The van der Waals surface area contributed by atoms with E-state index in [0.29, 0.717) is 22.4 Å². The average Bonchev–Trinajstić information content (AvgIpc) is 3.07. The van der Waals surface area contributed by atoms with E-state index in [1.165, 1.54) is 0 Å². The summed E-state index contributed by atoms with van der Waals surface area (Å²) in [5.41, 5.74) is 0.676. The minimum atomic E-state index is -0.501. The molecule has 148 valence electrons. The lowest BCUT2D eigenvalue weighted by atomic mass is 10.2. The topological polar surface area (TPSA) is 149 Å². The Kier molecular flexibility index (Phi) is 3.93. The number of rotatable bonds is 5. The van der Waals surface area contributed by atoms with Crippen LogP contribution in [0.25, 0.3) is 11.7 Å². The minimum Gasteiger partial charge on any atom is -0.493 e. The molecule has 0 amide bonds. The highest BCUT2D eigenvalue weighted by molar-refractivity contribution is 5.57. The lowest BCUT2D eigenvalue weighted by Crippen LogP contribution is -2.25. The van der Waals surface area contributed by atoms with Crippen LogP contribution in [0.5, 0.6) is 5.88 Å². The molecule has 0 spiro atoms. The summed E-state index contributed by atoms with van der Waals surface area (Å²) in [5.74, 6) is 0.878. The van der Waals surface area contributed by atoms with Gasteiger partial charge in [0.05, 0.1) is 24.5 Å². The molecular weight excluding hydrogens is 376 g/mol. The molecular formula is C18H18N8O3. The zero-order valence-electron chi connectivity index (χ0n) is 15.5. The Hall–Kier alpha value is -3.89. The molecule has 1 aliphatic carbocycles. The van der Waals surface area contributed by atoms with E-state index in [0.717, 1.165) is 18.6 Å². The van der Waals surface area contributed by atoms with Gasteiger partial charge in [-0.05, 0) is 38.0 Å². The quantitative estimate of drug-likeness (QED) is 0.378. The molecule has 4 aromatic rings. The SMILES string of the molecule is CC(Nc1nc(=NC2CC2)n2nc/c(=C\c3[nH]c(=O)[nH]c3O)c2n1)c1ccco1. The number of hydrogen-bond acceptors (Lipinski definition) is 8. The van der Waals surface area contributed by atoms with Gasteiger partial charge >= 0.3 is 5.69 Å². The second kappa shape index (κ2) is 6.62. The van der Waals surface area contributed by atoms with Gasteiger partial charge in [0.25, 0.3) is 5.62 Å². The van der Waals surface area contributed by atoms with E-state index in [1.54, 1.807) is 23.1 Å².